The molecule has 0 aromatic heterocycles. The quantitative estimate of drug-likeness (QED) is 0.322. The number of benzene rings is 1. The van der Waals surface area contributed by atoms with E-state index in [1.807, 2.05) is 12.1 Å². The van der Waals surface area contributed by atoms with Crippen LogP contribution in [-0.4, -0.2) is 83.3 Å². The van der Waals surface area contributed by atoms with Crippen LogP contribution in [0.2, 0.25) is 5.02 Å². The van der Waals surface area contributed by atoms with Gasteiger partial charge in [0.2, 0.25) is 0 Å². The average molecular weight is 398 g/mol. The monoisotopic (exact) mass is 397 g/mol. The summed E-state index contributed by atoms with van der Waals surface area (Å²) < 4.78 is 5.10. The summed E-state index contributed by atoms with van der Waals surface area (Å²) in [5.74, 6) is 0.851. The molecule has 27 heavy (non-hydrogen) atoms. The number of halogens is 1. The number of methoxy groups -OCH3 is 1. The number of hydrogen-bond acceptors (Lipinski definition) is 4. The molecule has 0 fully saturated rings. The SMILES string of the molecule is CCNC(=NCC(c1ccc(Cl)cc1)N(C)C)NCCN(C)CCCOC. The molecule has 154 valence electrons. The molecule has 1 aromatic rings. The molecule has 0 saturated heterocycles. The molecule has 0 saturated carbocycles. The van der Waals surface area contributed by atoms with Crippen molar-refractivity contribution in [2.24, 2.45) is 4.99 Å². The second kappa shape index (κ2) is 13.8. The maximum absolute atomic E-state index is 6.02. The zero-order valence-corrected chi connectivity index (χ0v) is 18.2. The fraction of sp³-hybridized carbons (Fsp3) is 0.650. The van der Waals surface area contributed by atoms with Gasteiger partial charge < -0.3 is 25.2 Å². The maximum Gasteiger partial charge on any atom is 0.191 e. The van der Waals surface area contributed by atoms with Gasteiger partial charge in [0, 0.05) is 44.9 Å². The molecular formula is C20H36ClN5O. The van der Waals surface area contributed by atoms with Gasteiger partial charge in [-0.25, -0.2) is 0 Å². The highest BCUT2D eigenvalue weighted by atomic mass is 35.5. The highest BCUT2D eigenvalue weighted by Gasteiger charge is 2.14. The van der Waals surface area contributed by atoms with Crippen molar-refractivity contribution in [3.05, 3.63) is 34.9 Å². The zero-order valence-electron chi connectivity index (χ0n) is 17.5. The topological polar surface area (TPSA) is 52.1 Å². The van der Waals surface area contributed by atoms with Gasteiger partial charge in [0.15, 0.2) is 5.96 Å². The number of nitrogens with one attached hydrogen (secondary N) is 2. The summed E-state index contributed by atoms with van der Waals surface area (Å²) in [6, 6.07) is 8.20. The predicted molar refractivity (Wildman–Crippen MR) is 116 cm³/mol. The maximum atomic E-state index is 6.02. The molecule has 6 nitrogen and oxygen atoms in total. The summed E-state index contributed by atoms with van der Waals surface area (Å²) in [7, 11) is 8.02. The Labute approximate surface area is 169 Å². The van der Waals surface area contributed by atoms with Crippen LogP contribution in [0.3, 0.4) is 0 Å². The third-order valence-corrected chi connectivity index (χ3v) is 4.57. The van der Waals surface area contributed by atoms with Crippen molar-refractivity contribution in [2.45, 2.75) is 19.4 Å². The van der Waals surface area contributed by atoms with Gasteiger partial charge >= 0.3 is 0 Å². The van der Waals surface area contributed by atoms with E-state index < -0.39 is 0 Å². The standard InChI is InChI=1S/C20H36ClN5O/c1-6-22-20(23-12-14-26(4)13-7-15-27-5)24-16-19(25(2)3)17-8-10-18(21)11-9-17/h8-11,19H,6-7,12-16H2,1-5H3,(H2,22,23,24). The van der Waals surface area contributed by atoms with E-state index in [4.69, 9.17) is 21.3 Å². The molecule has 0 aliphatic heterocycles. The van der Waals surface area contributed by atoms with E-state index in [1.165, 1.54) is 5.56 Å². The van der Waals surface area contributed by atoms with Crippen LogP contribution in [0, 0.1) is 0 Å². The van der Waals surface area contributed by atoms with E-state index in [0.717, 1.165) is 50.2 Å². The Morgan fingerprint density at radius 2 is 1.85 bits per heavy atom. The summed E-state index contributed by atoms with van der Waals surface area (Å²) in [6.45, 7) is 7.24. The molecule has 1 unspecified atom stereocenters. The second-order valence-electron chi connectivity index (χ2n) is 6.83. The van der Waals surface area contributed by atoms with Crippen LogP contribution < -0.4 is 10.6 Å². The van der Waals surface area contributed by atoms with Crippen LogP contribution >= 0.6 is 11.6 Å². The normalized spacial score (nSPS) is 13.3. The average Bonchev–Trinajstić information content (AvgIpc) is 2.63. The van der Waals surface area contributed by atoms with Crippen LogP contribution in [-0.2, 0) is 4.74 Å². The largest absolute Gasteiger partial charge is 0.385 e. The van der Waals surface area contributed by atoms with E-state index in [2.05, 4.69) is 60.6 Å². The van der Waals surface area contributed by atoms with Crippen molar-refractivity contribution in [1.29, 1.82) is 0 Å². The van der Waals surface area contributed by atoms with Gasteiger partial charge in [-0.15, -0.1) is 0 Å². The van der Waals surface area contributed by atoms with Gasteiger partial charge in [0.05, 0.1) is 12.6 Å². The second-order valence-corrected chi connectivity index (χ2v) is 7.26. The van der Waals surface area contributed by atoms with E-state index in [0.29, 0.717) is 6.54 Å². The smallest absolute Gasteiger partial charge is 0.191 e. The number of rotatable bonds is 12. The molecule has 1 atom stereocenters. The number of ether oxygens (including phenoxy) is 1. The Balaban J connectivity index is 2.58. The van der Waals surface area contributed by atoms with Crippen LogP contribution in [0.25, 0.3) is 0 Å². The lowest BCUT2D eigenvalue weighted by atomic mass is 10.1. The Hall–Kier alpha value is -1.34. The number of hydrogen-bond donors (Lipinski definition) is 2. The molecule has 1 rings (SSSR count). The van der Waals surface area contributed by atoms with Crippen molar-refractivity contribution < 1.29 is 4.74 Å². The molecule has 0 amide bonds. The first-order chi connectivity index (χ1) is 13.0. The molecule has 1 aromatic carbocycles. The van der Waals surface area contributed by atoms with Crippen LogP contribution in [0.1, 0.15) is 24.9 Å². The van der Waals surface area contributed by atoms with E-state index in [9.17, 15) is 0 Å². The molecule has 0 spiro atoms. The number of guanidine groups is 1. The van der Waals surface area contributed by atoms with Crippen LogP contribution in [0.4, 0.5) is 0 Å². The fourth-order valence-corrected chi connectivity index (χ4v) is 2.85. The van der Waals surface area contributed by atoms with Crippen LogP contribution in [0.15, 0.2) is 29.3 Å². The molecule has 0 bridgehead atoms. The van der Waals surface area contributed by atoms with Crippen molar-refractivity contribution in [2.75, 3.05) is 67.6 Å². The first-order valence-corrected chi connectivity index (χ1v) is 9.97. The third-order valence-electron chi connectivity index (χ3n) is 4.32. The summed E-state index contributed by atoms with van der Waals surface area (Å²) in [4.78, 5) is 9.27. The van der Waals surface area contributed by atoms with Crippen molar-refractivity contribution in [3.63, 3.8) is 0 Å². The number of aliphatic imine (C=N–C) groups is 1. The Bertz CT molecular complexity index is 536. The minimum atomic E-state index is 0.203. The molecular weight excluding hydrogens is 362 g/mol. The minimum absolute atomic E-state index is 0.203. The van der Waals surface area contributed by atoms with Gasteiger partial charge in [-0.3, -0.25) is 4.99 Å². The van der Waals surface area contributed by atoms with E-state index in [-0.39, 0.29) is 6.04 Å². The predicted octanol–water partition coefficient (Wildman–Crippen LogP) is 2.47. The zero-order chi connectivity index (χ0) is 20.1. The molecule has 7 heteroatoms. The first-order valence-electron chi connectivity index (χ1n) is 9.59. The lowest BCUT2D eigenvalue weighted by molar-refractivity contribution is 0.180. The highest BCUT2D eigenvalue weighted by molar-refractivity contribution is 6.30. The summed E-state index contributed by atoms with van der Waals surface area (Å²) >= 11 is 6.02. The number of nitrogens with zero attached hydrogens (tertiary/aromatic N) is 3. The van der Waals surface area contributed by atoms with Gasteiger partial charge in [-0.2, -0.15) is 0 Å². The first kappa shape index (κ1) is 23.7. The Kier molecular flexibility index (Phi) is 12.1. The summed E-state index contributed by atoms with van der Waals surface area (Å²) in [5.41, 5.74) is 1.21. The minimum Gasteiger partial charge on any atom is -0.385 e. The van der Waals surface area contributed by atoms with E-state index >= 15 is 0 Å². The molecule has 0 aliphatic carbocycles. The molecule has 0 heterocycles. The molecule has 0 aliphatic rings. The van der Waals surface area contributed by atoms with Gasteiger partial charge in [0.1, 0.15) is 0 Å². The molecule has 0 radical (unpaired) electrons. The third kappa shape index (κ3) is 9.96. The van der Waals surface area contributed by atoms with Crippen molar-refractivity contribution in [3.8, 4) is 0 Å². The van der Waals surface area contributed by atoms with Crippen molar-refractivity contribution >= 4 is 17.6 Å². The lowest BCUT2D eigenvalue weighted by Gasteiger charge is -2.24. The van der Waals surface area contributed by atoms with Crippen LogP contribution in [0.5, 0.6) is 0 Å². The Morgan fingerprint density at radius 1 is 1.15 bits per heavy atom. The fourth-order valence-electron chi connectivity index (χ4n) is 2.73. The Morgan fingerprint density at radius 3 is 2.44 bits per heavy atom. The summed E-state index contributed by atoms with van der Waals surface area (Å²) in [6.07, 6.45) is 1.05. The van der Waals surface area contributed by atoms with Gasteiger partial charge in [-0.1, -0.05) is 23.7 Å². The molecule has 2 N–H and O–H groups in total. The highest BCUT2D eigenvalue weighted by Crippen LogP contribution is 2.20. The van der Waals surface area contributed by atoms with E-state index in [1.54, 1.807) is 7.11 Å². The number of likely N-dealkylation sites (N-methyl/N-ethyl adjacent to an activating group) is 2. The van der Waals surface area contributed by atoms with Gasteiger partial charge in [0.25, 0.3) is 0 Å². The van der Waals surface area contributed by atoms with Crippen molar-refractivity contribution in [1.82, 2.24) is 20.4 Å². The van der Waals surface area contributed by atoms with Gasteiger partial charge in [-0.05, 0) is 52.2 Å². The summed E-state index contributed by atoms with van der Waals surface area (Å²) in [5, 5.41) is 7.50. The lowest BCUT2D eigenvalue weighted by Crippen LogP contribution is -2.41.